The van der Waals surface area contributed by atoms with Crippen molar-refractivity contribution in [3.05, 3.63) is 59.9 Å². The van der Waals surface area contributed by atoms with Crippen LogP contribution in [0.4, 0.5) is 11.5 Å². The van der Waals surface area contributed by atoms with Crippen molar-refractivity contribution in [1.29, 1.82) is 5.26 Å². The highest BCUT2D eigenvalue weighted by atomic mass is 16.5. The summed E-state index contributed by atoms with van der Waals surface area (Å²) in [6.45, 7) is 1.84. The number of nitrogens with zero attached hydrogens (tertiary/aromatic N) is 5. The molecule has 1 aliphatic heterocycles. The van der Waals surface area contributed by atoms with Gasteiger partial charge in [-0.15, -0.1) is 0 Å². The van der Waals surface area contributed by atoms with Gasteiger partial charge in [0.15, 0.2) is 5.65 Å². The molecular formula is C25H24N8O2. The van der Waals surface area contributed by atoms with E-state index in [1.54, 1.807) is 37.4 Å². The summed E-state index contributed by atoms with van der Waals surface area (Å²) in [6, 6.07) is 14.1. The lowest BCUT2D eigenvalue weighted by Gasteiger charge is -2.23. The van der Waals surface area contributed by atoms with E-state index in [2.05, 4.69) is 20.6 Å². The van der Waals surface area contributed by atoms with Gasteiger partial charge in [-0.2, -0.15) is 10.4 Å². The molecule has 5 rings (SSSR count). The van der Waals surface area contributed by atoms with Crippen molar-refractivity contribution in [2.24, 2.45) is 0 Å². The number of anilines is 2. The lowest BCUT2D eigenvalue weighted by atomic mass is 10.1. The predicted octanol–water partition coefficient (Wildman–Crippen LogP) is 3.13. The minimum Gasteiger partial charge on any atom is -0.495 e. The first kappa shape index (κ1) is 22.3. The van der Waals surface area contributed by atoms with Gasteiger partial charge in [-0.05, 0) is 62.3 Å². The number of piperidine rings is 1. The first-order chi connectivity index (χ1) is 17.1. The second-order valence-electron chi connectivity index (χ2n) is 8.29. The smallest absolute Gasteiger partial charge is 0.255 e. The molecule has 3 heterocycles. The average molecular weight is 469 g/mol. The molecule has 4 aromatic rings. The third-order valence-corrected chi connectivity index (χ3v) is 6.17. The number of carbonyl (C=O) groups excluding carboxylic acids is 1. The number of nitrogens with two attached hydrogens (primary N) is 1. The summed E-state index contributed by atoms with van der Waals surface area (Å²) < 4.78 is 7.54. The first-order valence-electron chi connectivity index (χ1n) is 11.3. The summed E-state index contributed by atoms with van der Waals surface area (Å²) in [6.07, 6.45) is 3.36. The number of fused-ring (bicyclic) bond motifs is 1. The second kappa shape index (κ2) is 9.40. The molecule has 0 radical (unpaired) electrons. The molecule has 0 unspecified atom stereocenters. The number of ether oxygens (including phenoxy) is 1. The van der Waals surface area contributed by atoms with Crippen molar-refractivity contribution in [2.75, 3.05) is 31.2 Å². The van der Waals surface area contributed by atoms with E-state index in [-0.39, 0.29) is 11.9 Å². The number of benzene rings is 2. The van der Waals surface area contributed by atoms with Crippen LogP contribution >= 0.6 is 0 Å². The topological polar surface area (TPSA) is 144 Å². The fourth-order valence-electron chi connectivity index (χ4n) is 4.34. The first-order valence-corrected chi connectivity index (χ1v) is 11.3. The van der Waals surface area contributed by atoms with E-state index < -0.39 is 0 Å². The quantitative estimate of drug-likeness (QED) is 0.405. The van der Waals surface area contributed by atoms with Crippen molar-refractivity contribution >= 4 is 28.4 Å². The molecule has 0 bridgehead atoms. The Labute approximate surface area is 201 Å². The van der Waals surface area contributed by atoms with Crippen LogP contribution in [0, 0.1) is 11.3 Å². The van der Waals surface area contributed by atoms with Gasteiger partial charge in [0.2, 0.25) is 0 Å². The molecule has 0 atom stereocenters. The number of aromatic nitrogens is 4. The Bertz CT molecular complexity index is 1430. The molecule has 10 nitrogen and oxygen atoms in total. The van der Waals surface area contributed by atoms with Crippen LogP contribution in [0.15, 0.2) is 48.8 Å². The van der Waals surface area contributed by atoms with Crippen LogP contribution in [0.1, 0.15) is 34.8 Å². The van der Waals surface area contributed by atoms with Crippen LogP contribution in [0.25, 0.3) is 22.3 Å². The maximum atomic E-state index is 12.7. The molecule has 1 saturated heterocycles. The van der Waals surface area contributed by atoms with Crippen molar-refractivity contribution in [1.82, 2.24) is 25.1 Å². The highest BCUT2D eigenvalue weighted by Crippen LogP contribution is 2.37. The molecule has 10 heteroatoms. The molecule has 0 aliphatic carbocycles. The molecule has 2 aromatic heterocycles. The molecule has 0 saturated carbocycles. The van der Waals surface area contributed by atoms with E-state index in [1.807, 2.05) is 22.9 Å². The van der Waals surface area contributed by atoms with E-state index >= 15 is 0 Å². The number of carbonyl (C=O) groups is 1. The number of nitriles is 1. The zero-order valence-corrected chi connectivity index (χ0v) is 19.2. The van der Waals surface area contributed by atoms with Gasteiger partial charge in [-0.3, -0.25) is 4.79 Å². The van der Waals surface area contributed by atoms with E-state index in [1.165, 1.54) is 6.33 Å². The Kier molecular flexibility index (Phi) is 5.99. The highest BCUT2D eigenvalue weighted by Gasteiger charge is 2.24. The molecule has 35 heavy (non-hydrogen) atoms. The molecule has 0 spiro atoms. The Morgan fingerprint density at radius 2 is 1.97 bits per heavy atom. The summed E-state index contributed by atoms with van der Waals surface area (Å²) in [5.74, 6) is 0.533. The molecule has 1 amide bonds. The van der Waals surface area contributed by atoms with Gasteiger partial charge in [0, 0.05) is 11.1 Å². The van der Waals surface area contributed by atoms with Gasteiger partial charge >= 0.3 is 0 Å². The van der Waals surface area contributed by atoms with Gasteiger partial charge in [-0.1, -0.05) is 6.07 Å². The van der Waals surface area contributed by atoms with Crippen molar-refractivity contribution < 1.29 is 9.53 Å². The molecule has 4 N–H and O–H groups in total. The van der Waals surface area contributed by atoms with Crippen LogP contribution in [0.2, 0.25) is 0 Å². The largest absolute Gasteiger partial charge is 0.495 e. The van der Waals surface area contributed by atoms with Gasteiger partial charge in [0.25, 0.3) is 5.91 Å². The summed E-state index contributed by atoms with van der Waals surface area (Å²) in [7, 11) is 1.54. The maximum absolute atomic E-state index is 12.7. The summed E-state index contributed by atoms with van der Waals surface area (Å²) in [4.78, 5) is 21.4. The molecule has 2 aromatic carbocycles. The fraction of sp³-hybridized carbons (Fsp3) is 0.240. The Balaban J connectivity index is 1.50. The monoisotopic (exact) mass is 468 g/mol. The van der Waals surface area contributed by atoms with Crippen LogP contribution < -0.4 is 21.1 Å². The maximum Gasteiger partial charge on any atom is 0.255 e. The van der Waals surface area contributed by atoms with Crippen LogP contribution in [0.3, 0.4) is 0 Å². The standard InChI is InChI=1S/C25H24N8O2/c1-35-20-12-17(6-7-19(20)31-25(34)16-4-2-15(13-26)3-5-16)22-21-23(27)29-14-30-24(21)33(32-22)18-8-10-28-11-9-18/h2-7,12,14,18,28H,8-11H2,1H3,(H,31,34)(H2,27,29,30). The Hall–Kier alpha value is -4.49. The molecule has 176 valence electrons. The van der Waals surface area contributed by atoms with Crippen LogP contribution in [-0.2, 0) is 0 Å². The molecule has 1 aliphatic rings. The SMILES string of the molecule is COc1cc(-c2nn(C3CCNCC3)c3ncnc(N)c23)ccc1NC(=O)c1ccc(C#N)cc1. The van der Waals surface area contributed by atoms with Gasteiger partial charge < -0.3 is 21.1 Å². The van der Waals surface area contributed by atoms with Crippen LogP contribution in [0.5, 0.6) is 5.75 Å². The van der Waals surface area contributed by atoms with Gasteiger partial charge in [0.1, 0.15) is 23.6 Å². The minimum absolute atomic E-state index is 0.217. The third kappa shape index (κ3) is 4.25. The zero-order chi connectivity index (χ0) is 24.4. The number of amides is 1. The lowest BCUT2D eigenvalue weighted by Crippen LogP contribution is -2.30. The number of nitrogen functional groups attached to an aromatic ring is 1. The Morgan fingerprint density at radius 1 is 1.20 bits per heavy atom. The third-order valence-electron chi connectivity index (χ3n) is 6.17. The molecular weight excluding hydrogens is 444 g/mol. The summed E-state index contributed by atoms with van der Waals surface area (Å²) >= 11 is 0. The van der Waals surface area contributed by atoms with E-state index in [0.717, 1.165) is 31.5 Å². The number of hydrogen-bond donors (Lipinski definition) is 3. The summed E-state index contributed by atoms with van der Waals surface area (Å²) in [5.41, 5.74) is 9.85. The number of nitrogens with one attached hydrogen (secondary N) is 2. The minimum atomic E-state index is -0.307. The average Bonchev–Trinajstić information content (AvgIpc) is 3.30. The molecule has 1 fully saturated rings. The zero-order valence-electron chi connectivity index (χ0n) is 19.2. The summed E-state index contributed by atoms with van der Waals surface area (Å²) in [5, 5.41) is 20.8. The van der Waals surface area contributed by atoms with E-state index in [0.29, 0.717) is 45.1 Å². The van der Waals surface area contributed by atoms with E-state index in [4.69, 9.17) is 20.8 Å². The van der Waals surface area contributed by atoms with Crippen molar-refractivity contribution in [3.63, 3.8) is 0 Å². The number of rotatable bonds is 5. The van der Waals surface area contributed by atoms with Gasteiger partial charge in [0.05, 0.1) is 35.9 Å². The normalized spacial score (nSPS) is 13.9. The predicted molar refractivity (Wildman–Crippen MR) is 132 cm³/mol. The van der Waals surface area contributed by atoms with Crippen molar-refractivity contribution in [3.8, 4) is 23.1 Å². The number of methoxy groups -OCH3 is 1. The van der Waals surface area contributed by atoms with E-state index in [9.17, 15) is 4.79 Å². The highest BCUT2D eigenvalue weighted by molar-refractivity contribution is 6.05. The Morgan fingerprint density at radius 3 is 2.69 bits per heavy atom. The fourth-order valence-corrected chi connectivity index (χ4v) is 4.34. The number of hydrogen-bond acceptors (Lipinski definition) is 8. The van der Waals surface area contributed by atoms with Crippen LogP contribution in [-0.4, -0.2) is 45.9 Å². The lowest BCUT2D eigenvalue weighted by molar-refractivity contribution is 0.102. The van der Waals surface area contributed by atoms with Crippen molar-refractivity contribution in [2.45, 2.75) is 18.9 Å². The second-order valence-corrected chi connectivity index (χ2v) is 8.29. The van der Waals surface area contributed by atoms with Gasteiger partial charge in [-0.25, -0.2) is 14.6 Å².